The summed E-state index contributed by atoms with van der Waals surface area (Å²) in [4.78, 5) is 5.54. The Bertz CT molecular complexity index is 655. The maximum Gasteiger partial charge on any atom is 0.221 e. The van der Waals surface area contributed by atoms with Crippen LogP contribution in [0.15, 0.2) is 18.2 Å². The molecule has 1 aromatic rings. The molecule has 0 aromatic heterocycles. The third kappa shape index (κ3) is 3.51. The number of rotatable bonds is 6. The van der Waals surface area contributed by atoms with Crippen molar-refractivity contribution in [3.8, 4) is 11.5 Å². The zero-order chi connectivity index (χ0) is 18.1. The summed E-state index contributed by atoms with van der Waals surface area (Å²) in [6.07, 6.45) is 0. The second-order valence-corrected chi connectivity index (χ2v) is 8.34. The lowest BCUT2D eigenvalue weighted by Gasteiger charge is -2.29. The fraction of sp³-hybridized carbons (Fsp3) is 0.625. The van der Waals surface area contributed by atoms with Crippen molar-refractivity contribution in [3.05, 3.63) is 23.8 Å². The molecule has 0 N–H and O–H groups in total. The molecule has 24 heavy (non-hydrogen) atoms. The molecule has 2 atom stereocenters. The van der Waals surface area contributed by atoms with E-state index in [2.05, 4.69) is 0 Å². The molecule has 2 unspecified atom stereocenters. The Morgan fingerprint density at radius 2 is 1.75 bits per heavy atom. The molecule has 1 aromatic carbocycles. The third-order valence-corrected chi connectivity index (χ3v) is 6.80. The van der Waals surface area contributed by atoms with E-state index in [1.54, 1.807) is 39.4 Å². The second kappa shape index (κ2) is 7.26. The minimum atomic E-state index is -3.52. The SMILES string of the molecule is COc1cc(OC)cc(C2C(S(=O)(=O)N(C)C(C)C)CON2C)c1. The van der Waals surface area contributed by atoms with Gasteiger partial charge in [-0.05, 0) is 31.5 Å². The summed E-state index contributed by atoms with van der Waals surface area (Å²) in [7, 11) is 2.94. The fourth-order valence-corrected chi connectivity index (χ4v) is 4.68. The van der Waals surface area contributed by atoms with Crippen LogP contribution in [0.5, 0.6) is 11.5 Å². The summed E-state index contributed by atoms with van der Waals surface area (Å²) in [5, 5.41) is 0.886. The van der Waals surface area contributed by atoms with E-state index in [-0.39, 0.29) is 12.6 Å². The highest BCUT2D eigenvalue weighted by Gasteiger charge is 2.45. The first-order chi connectivity index (χ1) is 11.2. The molecule has 0 saturated carbocycles. The molecule has 1 aliphatic rings. The van der Waals surface area contributed by atoms with E-state index in [0.29, 0.717) is 11.5 Å². The predicted octanol–water partition coefficient (Wildman–Crippen LogP) is 1.66. The lowest BCUT2D eigenvalue weighted by Crippen LogP contribution is -2.43. The van der Waals surface area contributed by atoms with E-state index in [9.17, 15) is 8.42 Å². The van der Waals surface area contributed by atoms with Crippen molar-refractivity contribution in [2.24, 2.45) is 0 Å². The summed E-state index contributed by atoms with van der Waals surface area (Å²) >= 11 is 0. The molecule has 8 heteroatoms. The quantitative estimate of drug-likeness (QED) is 0.770. The van der Waals surface area contributed by atoms with E-state index in [1.807, 2.05) is 26.0 Å². The van der Waals surface area contributed by atoms with E-state index >= 15 is 0 Å². The summed E-state index contributed by atoms with van der Waals surface area (Å²) in [5.74, 6) is 1.22. The molecule has 0 amide bonds. The Morgan fingerprint density at radius 3 is 2.21 bits per heavy atom. The summed E-state index contributed by atoms with van der Waals surface area (Å²) in [5.41, 5.74) is 0.775. The molecular formula is C16H26N2O5S. The largest absolute Gasteiger partial charge is 0.497 e. The smallest absolute Gasteiger partial charge is 0.221 e. The topological polar surface area (TPSA) is 68.3 Å². The number of hydrogen-bond acceptors (Lipinski definition) is 6. The highest BCUT2D eigenvalue weighted by Crippen LogP contribution is 2.38. The van der Waals surface area contributed by atoms with Gasteiger partial charge in [0.05, 0.1) is 26.9 Å². The van der Waals surface area contributed by atoms with Crippen molar-refractivity contribution in [2.75, 3.05) is 34.9 Å². The minimum absolute atomic E-state index is 0.111. The van der Waals surface area contributed by atoms with Gasteiger partial charge in [-0.3, -0.25) is 4.84 Å². The maximum atomic E-state index is 13.0. The van der Waals surface area contributed by atoms with Gasteiger partial charge in [0.1, 0.15) is 16.7 Å². The van der Waals surface area contributed by atoms with Gasteiger partial charge in [-0.1, -0.05) is 0 Å². The Kier molecular flexibility index (Phi) is 5.74. The lowest BCUT2D eigenvalue weighted by atomic mass is 10.0. The number of hydrogen-bond donors (Lipinski definition) is 0. The molecule has 1 saturated heterocycles. The number of benzene rings is 1. The van der Waals surface area contributed by atoms with Gasteiger partial charge >= 0.3 is 0 Å². The van der Waals surface area contributed by atoms with Crippen LogP contribution in [0.4, 0.5) is 0 Å². The number of methoxy groups -OCH3 is 2. The van der Waals surface area contributed by atoms with Gasteiger partial charge in [0.25, 0.3) is 0 Å². The van der Waals surface area contributed by atoms with E-state index in [0.717, 1.165) is 5.56 Å². The van der Waals surface area contributed by atoms with Crippen LogP contribution in [0, 0.1) is 0 Å². The van der Waals surface area contributed by atoms with Gasteiger partial charge in [0.15, 0.2) is 0 Å². The van der Waals surface area contributed by atoms with Crippen LogP contribution in [0.2, 0.25) is 0 Å². The van der Waals surface area contributed by atoms with Crippen molar-refractivity contribution in [3.63, 3.8) is 0 Å². The Morgan fingerprint density at radius 1 is 1.21 bits per heavy atom. The summed E-state index contributed by atoms with van der Waals surface area (Å²) in [6, 6.07) is 4.82. The van der Waals surface area contributed by atoms with Crippen LogP contribution < -0.4 is 9.47 Å². The van der Waals surface area contributed by atoms with Crippen molar-refractivity contribution in [1.29, 1.82) is 0 Å². The molecule has 1 aliphatic heterocycles. The Labute approximate surface area is 144 Å². The predicted molar refractivity (Wildman–Crippen MR) is 91.6 cm³/mol. The molecule has 0 aliphatic carbocycles. The number of nitrogens with zero attached hydrogens (tertiary/aromatic N) is 2. The standard InChI is InChI=1S/C16H26N2O5S/c1-11(2)18(4)24(19,20)15-10-23-17(3)16(15)12-7-13(21-5)9-14(8-12)22-6/h7-9,11,15-16H,10H2,1-6H3. The molecule has 136 valence electrons. The number of ether oxygens (including phenoxy) is 2. The average Bonchev–Trinajstić information content (AvgIpc) is 2.95. The normalized spacial score (nSPS) is 22.3. The van der Waals surface area contributed by atoms with Gasteiger partial charge in [0.2, 0.25) is 10.0 Å². The van der Waals surface area contributed by atoms with Crippen LogP contribution in [0.1, 0.15) is 25.5 Å². The minimum Gasteiger partial charge on any atom is -0.497 e. The first kappa shape index (κ1) is 19.0. The van der Waals surface area contributed by atoms with Crippen LogP contribution >= 0.6 is 0 Å². The van der Waals surface area contributed by atoms with Crippen molar-refractivity contribution in [2.45, 2.75) is 31.2 Å². The van der Waals surface area contributed by atoms with Gasteiger partial charge < -0.3 is 9.47 Å². The highest BCUT2D eigenvalue weighted by atomic mass is 32.2. The van der Waals surface area contributed by atoms with Crippen LogP contribution in [-0.2, 0) is 14.9 Å². The fourth-order valence-electron chi connectivity index (χ4n) is 2.78. The summed E-state index contributed by atoms with van der Waals surface area (Å²) in [6.45, 7) is 3.81. The third-order valence-electron chi connectivity index (χ3n) is 4.41. The lowest BCUT2D eigenvalue weighted by molar-refractivity contribution is -0.110. The molecule has 2 rings (SSSR count). The Hall–Kier alpha value is -1.35. The molecule has 1 fully saturated rings. The first-order valence-corrected chi connectivity index (χ1v) is 9.28. The van der Waals surface area contributed by atoms with Crippen LogP contribution in [-0.4, -0.2) is 64.0 Å². The zero-order valence-electron chi connectivity index (χ0n) is 15.0. The van der Waals surface area contributed by atoms with Crippen LogP contribution in [0.25, 0.3) is 0 Å². The average molecular weight is 358 g/mol. The van der Waals surface area contributed by atoms with Gasteiger partial charge in [-0.15, -0.1) is 0 Å². The molecule has 0 bridgehead atoms. The highest BCUT2D eigenvalue weighted by molar-refractivity contribution is 7.89. The van der Waals surface area contributed by atoms with Crippen molar-refractivity contribution < 1.29 is 22.7 Å². The molecule has 0 spiro atoms. The molecule has 7 nitrogen and oxygen atoms in total. The summed E-state index contributed by atoms with van der Waals surface area (Å²) < 4.78 is 37.9. The van der Waals surface area contributed by atoms with E-state index in [1.165, 1.54) is 4.31 Å². The zero-order valence-corrected chi connectivity index (χ0v) is 15.8. The van der Waals surface area contributed by atoms with Crippen LogP contribution in [0.3, 0.4) is 0 Å². The van der Waals surface area contributed by atoms with Gasteiger partial charge in [-0.25, -0.2) is 12.7 Å². The van der Waals surface area contributed by atoms with Crippen molar-refractivity contribution in [1.82, 2.24) is 9.37 Å². The van der Waals surface area contributed by atoms with E-state index < -0.39 is 21.3 Å². The molecular weight excluding hydrogens is 332 g/mol. The Balaban J connectivity index is 2.47. The number of hydroxylamine groups is 2. The van der Waals surface area contributed by atoms with E-state index in [4.69, 9.17) is 14.3 Å². The van der Waals surface area contributed by atoms with Gasteiger partial charge in [-0.2, -0.15) is 5.06 Å². The maximum absolute atomic E-state index is 13.0. The second-order valence-electron chi connectivity index (χ2n) is 6.13. The van der Waals surface area contributed by atoms with Gasteiger partial charge in [0, 0.05) is 26.2 Å². The number of sulfonamides is 1. The first-order valence-electron chi connectivity index (χ1n) is 7.78. The van der Waals surface area contributed by atoms with Crippen molar-refractivity contribution >= 4 is 10.0 Å². The molecule has 1 heterocycles. The molecule has 0 radical (unpaired) electrons. The monoisotopic (exact) mass is 358 g/mol.